The molecule has 1 aromatic carbocycles. The number of aromatic nitrogens is 1. The maximum Gasteiger partial charge on any atom is 0.0794 e. The van der Waals surface area contributed by atoms with Gasteiger partial charge in [0.25, 0.3) is 0 Å². The Morgan fingerprint density at radius 3 is 2.74 bits per heavy atom. The molecule has 0 radical (unpaired) electrons. The van der Waals surface area contributed by atoms with Crippen molar-refractivity contribution in [2.24, 2.45) is 5.92 Å². The van der Waals surface area contributed by atoms with Crippen molar-refractivity contribution >= 4 is 11.3 Å². The van der Waals surface area contributed by atoms with E-state index in [9.17, 15) is 0 Å². The van der Waals surface area contributed by atoms with Crippen molar-refractivity contribution in [3.63, 3.8) is 0 Å². The van der Waals surface area contributed by atoms with E-state index in [-0.39, 0.29) is 0 Å². The smallest absolute Gasteiger partial charge is 0.0794 e. The van der Waals surface area contributed by atoms with Gasteiger partial charge in [0.05, 0.1) is 11.2 Å². The van der Waals surface area contributed by atoms with Gasteiger partial charge in [0.15, 0.2) is 0 Å². The first-order chi connectivity index (χ1) is 9.38. The van der Waals surface area contributed by atoms with E-state index in [2.05, 4.69) is 52.9 Å². The third kappa shape index (κ3) is 5.13. The van der Waals surface area contributed by atoms with Crippen LogP contribution in [0.25, 0.3) is 0 Å². The van der Waals surface area contributed by atoms with Crippen LogP contribution in [0.2, 0.25) is 0 Å². The number of rotatable bonds is 8. The molecule has 2 nitrogen and oxygen atoms in total. The molecule has 0 aliphatic carbocycles. The van der Waals surface area contributed by atoms with Crippen LogP contribution in [0.4, 0.5) is 0 Å². The zero-order valence-electron chi connectivity index (χ0n) is 11.5. The van der Waals surface area contributed by atoms with Gasteiger partial charge in [-0.3, -0.25) is 0 Å². The summed E-state index contributed by atoms with van der Waals surface area (Å²) in [6.07, 6.45) is 3.37. The average Bonchev–Trinajstić information content (AvgIpc) is 2.93. The molecule has 1 aromatic heterocycles. The highest BCUT2D eigenvalue weighted by Gasteiger charge is 2.11. The highest BCUT2D eigenvalue weighted by molar-refractivity contribution is 7.07. The third-order valence-corrected chi connectivity index (χ3v) is 3.84. The van der Waals surface area contributed by atoms with Crippen LogP contribution >= 0.6 is 11.3 Å². The van der Waals surface area contributed by atoms with E-state index >= 15 is 0 Å². The van der Waals surface area contributed by atoms with Gasteiger partial charge in [-0.1, -0.05) is 37.3 Å². The van der Waals surface area contributed by atoms with Crippen LogP contribution in [0.15, 0.2) is 41.2 Å². The number of thiazole rings is 1. The summed E-state index contributed by atoms with van der Waals surface area (Å²) < 4.78 is 0. The molecule has 1 heterocycles. The first kappa shape index (κ1) is 14.2. The van der Waals surface area contributed by atoms with Crippen molar-refractivity contribution in [1.29, 1.82) is 0 Å². The van der Waals surface area contributed by atoms with E-state index in [1.54, 1.807) is 11.3 Å². The largest absolute Gasteiger partial charge is 0.316 e. The standard InChI is InChI=1S/C16H22N2S/c1-2-8-17-11-15(10-16-12-19-13-18-16)9-14-6-4-3-5-7-14/h3-7,12-13,15,17H,2,8-11H2,1H3. The van der Waals surface area contributed by atoms with E-state index in [0.29, 0.717) is 5.92 Å². The van der Waals surface area contributed by atoms with E-state index in [0.717, 1.165) is 25.9 Å². The molecule has 0 bridgehead atoms. The van der Waals surface area contributed by atoms with Gasteiger partial charge in [-0.15, -0.1) is 11.3 Å². The topological polar surface area (TPSA) is 24.9 Å². The third-order valence-electron chi connectivity index (χ3n) is 3.21. The second kappa shape index (κ2) is 8.08. The van der Waals surface area contributed by atoms with Crippen LogP contribution < -0.4 is 5.32 Å². The maximum atomic E-state index is 4.42. The van der Waals surface area contributed by atoms with Gasteiger partial charge < -0.3 is 5.32 Å². The molecule has 0 saturated carbocycles. The Kier molecular flexibility index (Phi) is 6.05. The Morgan fingerprint density at radius 2 is 2.05 bits per heavy atom. The lowest BCUT2D eigenvalue weighted by Gasteiger charge is -2.16. The summed E-state index contributed by atoms with van der Waals surface area (Å²) in [5.74, 6) is 0.621. The van der Waals surface area contributed by atoms with E-state index in [4.69, 9.17) is 0 Å². The van der Waals surface area contributed by atoms with Crippen LogP contribution in [0.1, 0.15) is 24.6 Å². The molecule has 2 aromatic rings. The van der Waals surface area contributed by atoms with Gasteiger partial charge in [0.1, 0.15) is 0 Å². The van der Waals surface area contributed by atoms with Crippen molar-refractivity contribution in [3.8, 4) is 0 Å². The fraction of sp³-hybridized carbons (Fsp3) is 0.438. The quantitative estimate of drug-likeness (QED) is 0.745. The average molecular weight is 274 g/mol. The van der Waals surface area contributed by atoms with Gasteiger partial charge in [-0.05, 0) is 43.8 Å². The van der Waals surface area contributed by atoms with Gasteiger partial charge in [-0.2, -0.15) is 0 Å². The number of hydrogen-bond acceptors (Lipinski definition) is 3. The van der Waals surface area contributed by atoms with E-state index in [1.165, 1.54) is 17.7 Å². The zero-order valence-corrected chi connectivity index (χ0v) is 12.3. The minimum Gasteiger partial charge on any atom is -0.316 e. The Bertz CT molecular complexity index is 439. The molecular weight excluding hydrogens is 252 g/mol. The molecule has 0 amide bonds. The second-order valence-corrected chi connectivity index (χ2v) is 5.66. The maximum absolute atomic E-state index is 4.42. The normalized spacial score (nSPS) is 12.5. The molecule has 1 N–H and O–H groups in total. The molecule has 0 aliphatic rings. The first-order valence-electron chi connectivity index (χ1n) is 7.00. The van der Waals surface area contributed by atoms with Gasteiger partial charge in [-0.25, -0.2) is 4.98 Å². The number of nitrogens with zero attached hydrogens (tertiary/aromatic N) is 1. The molecule has 0 saturated heterocycles. The fourth-order valence-electron chi connectivity index (χ4n) is 2.28. The van der Waals surface area contributed by atoms with E-state index in [1.807, 2.05) is 5.51 Å². The SMILES string of the molecule is CCCNCC(Cc1ccccc1)Cc1cscn1. The van der Waals surface area contributed by atoms with Crippen LogP contribution in [0.5, 0.6) is 0 Å². The van der Waals surface area contributed by atoms with Gasteiger partial charge in [0.2, 0.25) is 0 Å². The van der Waals surface area contributed by atoms with Crippen LogP contribution in [-0.2, 0) is 12.8 Å². The molecule has 1 atom stereocenters. The molecule has 2 rings (SSSR count). The number of benzene rings is 1. The summed E-state index contributed by atoms with van der Waals surface area (Å²) in [6.45, 7) is 4.38. The Balaban J connectivity index is 1.93. The fourth-order valence-corrected chi connectivity index (χ4v) is 2.85. The molecule has 19 heavy (non-hydrogen) atoms. The van der Waals surface area contributed by atoms with Crippen molar-refractivity contribution in [2.45, 2.75) is 26.2 Å². The zero-order chi connectivity index (χ0) is 13.3. The lowest BCUT2D eigenvalue weighted by atomic mass is 9.95. The summed E-state index contributed by atoms with van der Waals surface area (Å²) in [7, 11) is 0. The molecule has 0 spiro atoms. The molecular formula is C16H22N2S. The Morgan fingerprint density at radius 1 is 1.21 bits per heavy atom. The first-order valence-corrected chi connectivity index (χ1v) is 7.94. The highest BCUT2D eigenvalue weighted by atomic mass is 32.1. The lowest BCUT2D eigenvalue weighted by molar-refractivity contribution is 0.467. The Hall–Kier alpha value is -1.19. The van der Waals surface area contributed by atoms with Crippen molar-refractivity contribution < 1.29 is 0 Å². The van der Waals surface area contributed by atoms with Crippen LogP contribution in [0.3, 0.4) is 0 Å². The predicted octanol–water partition coefficient (Wildman–Crippen LogP) is 3.54. The van der Waals surface area contributed by atoms with Gasteiger partial charge in [0, 0.05) is 5.38 Å². The summed E-state index contributed by atoms with van der Waals surface area (Å²) in [5, 5.41) is 5.71. The second-order valence-electron chi connectivity index (χ2n) is 4.94. The summed E-state index contributed by atoms with van der Waals surface area (Å²) in [6, 6.07) is 10.7. The minimum atomic E-state index is 0.621. The molecule has 1 unspecified atom stereocenters. The summed E-state index contributed by atoms with van der Waals surface area (Å²) in [5.41, 5.74) is 4.57. The van der Waals surface area contributed by atoms with Crippen LogP contribution in [0, 0.1) is 5.92 Å². The van der Waals surface area contributed by atoms with E-state index < -0.39 is 0 Å². The molecule has 102 valence electrons. The highest BCUT2D eigenvalue weighted by Crippen LogP contribution is 2.14. The monoisotopic (exact) mass is 274 g/mol. The van der Waals surface area contributed by atoms with Crippen molar-refractivity contribution in [1.82, 2.24) is 10.3 Å². The Labute approximate surface area is 119 Å². The minimum absolute atomic E-state index is 0.621. The lowest BCUT2D eigenvalue weighted by Crippen LogP contribution is -2.26. The molecule has 0 aliphatic heterocycles. The number of nitrogens with one attached hydrogen (secondary N) is 1. The summed E-state index contributed by atoms with van der Waals surface area (Å²) in [4.78, 5) is 4.42. The number of hydrogen-bond donors (Lipinski definition) is 1. The molecule has 3 heteroatoms. The van der Waals surface area contributed by atoms with Crippen molar-refractivity contribution in [3.05, 3.63) is 52.5 Å². The predicted molar refractivity (Wildman–Crippen MR) is 82.6 cm³/mol. The van der Waals surface area contributed by atoms with Crippen molar-refractivity contribution in [2.75, 3.05) is 13.1 Å². The summed E-state index contributed by atoms with van der Waals surface area (Å²) >= 11 is 1.68. The van der Waals surface area contributed by atoms with Crippen LogP contribution in [-0.4, -0.2) is 18.1 Å². The van der Waals surface area contributed by atoms with Gasteiger partial charge >= 0.3 is 0 Å². The molecule has 0 fully saturated rings.